The van der Waals surface area contributed by atoms with Crippen LogP contribution in [-0.4, -0.2) is 46.7 Å². The number of hydrogen-bond donors (Lipinski definition) is 2. The summed E-state index contributed by atoms with van der Waals surface area (Å²) in [6.45, 7) is 2.75. The number of aryl methyl sites for hydroxylation is 1. The molecule has 5 rings (SSSR count). The van der Waals surface area contributed by atoms with Gasteiger partial charge < -0.3 is 20.1 Å². The van der Waals surface area contributed by atoms with E-state index in [1.54, 1.807) is 7.11 Å². The minimum absolute atomic E-state index is 0.00994. The van der Waals surface area contributed by atoms with Gasteiger partial charge in [0.25, 0.3) is 5.91 Å². The van der Waals surface area contributed by atoms with Gasteiger partial charge in [0, 0.05) is 52.2 Å². The fraction of sp³-hybridized carbons (Fsp3) is 0.323. The fourth-order valence-electron chi connectivity index (χ4n) is 5.44. The van der Waals surface area contributed by atoms with Gasteiger partial charge in [-0.15, -0.1) is 11.3 Å². The van der Waals surface area contributed by atoms with Crippen molar-refractivity contribution in [2.24, 2.45) is 5.92 Å². The molecule has 2 N–H and O–H groups in total. The molecule has 2 aromatic heterocycles. The molecule has 2 heterocycles. The Balaban J connectivity index is 1.48. The quantitative estimate of drug-likeness (QED) is 0.228. The number of benzene rings is 2. The molecule has 0 spiro atoms. The molecule has 208 valence electrons. The molecular formula is C31H32ClN3O4S. The van der Waals surface area contributed by atoms with Crippen LogP contribution < -0.4 is 10.1 Å². The standard InChI is InChI=1S/C31H32ClN3O4S/c1-19-7-10-22(17-33-19)21-11-14-26(39-2)23(15-21)18-35(24-12-8-20(9-13-24)16-34-31(37)38)30(36)29-28(32)25-5-3-4-6-27(25)40-29/h3-7,10-11,14-15,17,20,24,34H,8-9,12-13,16,18H2,1-2H3,(H,37,38). The summed E-state index contributed by atoms with van der Waals surface area (Å²) < 4.78 is 6.71. The van der Waals surface area contributed by atoms with Crippen LogP contribution in [0.2, 0.25) is 5.02 Å². The van der Waals surface area contributed by atoms with Gasteiger partial charge in [0.2, 0.25) is 0 Å². The molecule has 0 radical (unpaired) electrons. The Morgan fingerprint density at radius 2 is 1.85 bits per heavy atom. The number of nitrogens with one attached hydrogen (secondary N) is 1. The number of thiophene rings is 1. The lowest BCUT2D eigenvalue weighted by Crippen LogP contribution is -2.43. The SMILES string of the molecule is COc1ccc(-c2ccc(C)nc2)cc1CN(C(=O)c1sc2ccccc2c1Cl)C1CCC(CNC(=O)O)CC1. The van der Waals surface area contributed by atoms with E-state index in [1.165, 1.54) is 11.3 Å². The maximum absolute atomic E-state index is 14.2. The summed E-state index contributed by atoms with van der Waals surface area (Å²) >= 11 is 8.20. The molecular weight excluding hydrogens is 546 g/mol. The van der Waals surface area contributed by atoms with E-state index in [0.29, 0.717) is 28.7 Å². The number of nitrogens with zero attached hydrogens (tertiary/aromatic N) is 2. The monoisotopic (exact) mass is 577 g/mol. The molecule has 2 amide bonds. The number of fused-ring (bicyclic) bond motifs is 1. The number of rotatable bonds is 8. The highest BCUT2D eigenvalue weighted by Crippen LogP contribution is 2.39. The van der Waals surface area contributed by atoms with Gasteiger partial charge in [-0.25, -0.2) is 4.79 Å². The van der Waals surface area contributed by atoms with Crippen LogP contribution in [0, 0.1) is 12.8 Å². The van der Waals surface area contributed by atoms with Gasteiger partial charge in [-0.3, -0.25) is 9.78 Å². The first-order valence-corrected chi connectivity index (χ1v) is 14.6. The van der Waals surface area contributed by atoms with Gasteiger partial charge in [-0.2, -0.15) is 0 Å². The Kier molecular flexibility index (Phi) is 8.57. The number of carboxylic acid groups (broad SMARTS) is 1. The van der Waals surface area contributed by atoms with Crippen LogP contribution in [0.5, 0.6) is 5.75 Å². The van der Waals surface area contributed by atoms with Crippen LogP contribution in [0.15, 0.2) is 60.8 Å². The number of carbonyl (C=O) groups excluding carboxylic acids is 1. The van der Waals surface area contributed by atoms with E-state index in [4.69, 9.17) is 21.4 Å². The Labute approximate surface area is 242 Å². The van der Waals surface area contributed by atoms with Gasteiger partial charge in [0.1, 0.15) is 10.6 Å². The van der Waals surface area contributed by atoms with Gasteiger partial charge in [-0.1, -0.05) is 41.9 Å². The molecule has 0 unspecified atom stereocenters. The van der Waals surface area contributed by atoms with Crippen LogP contribution >= 0.6 is 22.9 Å². The van der Waals surface area contributed by atoms with Crippen LogP contribution in [0.1, 0.15) is 46.6 Å². The van der Waals surface area contributed by atoms with Crippen molar-refractivity contribution in [2.45, 2.75) is 45.2 Å². The van der Waals surface area contributed by atoms with Crippen LogP contribution in [-0.2, 0) is 6.54 Å². The zero-order chi connectivity index (χ0) is 28.2. The predicted octanol–water partition coefficient (Wildman–Crippen LogP) is 7.40. The first kappa shape index (κ1) is 27.9. The van der Waals surface area contributed by atoms with E-state index < -0.39 is 6.09 Å². The molecule has 1 aliphatic rings. The fourth-order valence-corrected chi connectivity index (χ4v) is 6.91. The third kappa shape index (κ3) is 6.08. The zero-order valence-electron chi connectivity index (χ0n) is 22.5. The van der Waals surface area contributed by atoms with E-state index in [2.05, 4.69) is 16.4 Å². The molecule has 9 heteroatoms. The average molecular weight is 578 g/mol. The largest absolute Gasteiger partial charge is 0.496 e. The molecule has 1 aliphatic carbocycles. The lowest BCUT2D eigenvalue weighted by molar-refractivity contribution is 0.0592. The number of halogens is 1. The second kappa shape index (κ2) is 12.3. The summed E-state index contributed by atoms with van der Waals surface area (Å²) in [5.41, 5.74) is 3.84. The topological polar surface area (TPSA) is 91.8 Å². The Hall–Kier alpha value is -3.62. The van der Waals surface area contributed by atoms with E-state index in [0.717, 1.165) is 58.2 Å². The Morgan fingerprint density at radius 1 is 1.10 bits per heavy atom. The maximum atomic E-state index is 14.2. The average Bonchev–Trinajstić information content (AvgIpc) is 3.31. The minimum atomic E-state index is -1.01. The highest BCUT2D eigenvalue weighted by atomic mass is 35.5. The highest BCUT2D eigenvalue weighted by molar-refractivity contribution is 7.21. The van der Waals surface area contributed by atoms with E-state index in [9.17, 15) is 9.59 Å². The summed E-state index contributed by atoms with van der Waals surface area (Å²) in [6.07, 6.45) is 4.08. The molecule has 0 aliphatic heterocycles. The van der Waals surface area contributed by atoms with Crippen molar-refractivity contribution in [1.29, 1.82) is 0 Å². The lowest BCUT2D eigenvalue weighted by Gasteiger charge is -2.37. The van der Waals surface area contributed by atoms with Crippen molar-refractivity contribution in [1.82, 2.24) is 15.2 Å². The zero-order valence-corrected chi connectivity index (χ0v) is 24.1. The van der Waals surface area contributed by atoms with Crippen molar-refractivity contribution >= 4 is 45.0 Å². The van der Waals surface area contributed by atoms with Crippen LogP contribution in [0.4, 0.5) is 4.79 Å². The number of ether oxygens (including phenoxy) is 1. The van der Waals surface area contributed by atoms with Crippen molar-refractivity contribution < 1.29 is 19.4 Å². The molecule has 0 bridgehead atoms. The van der Waals surface area contributed by atoms with Crippen molar-refractivity contribution in [3.05, 3.63) is 82.0 Å². The van der Waals surface area contributed by atoms with Gasteiger partial charge in [-0.05, 0) is 68.4 Å². The molecule has 1 fully saturated rings. The Morgan fingerprint density at radius 3 is 2.52 bits per heavy atom. The number of methoxy groups -OCH3 is 1. The molecule has 4 aromatic rings. The van der Waals surface area contributed by atoms with Crippen LogP contribution in [0.3, 0.4) is 0 Å². The molecule has 0 saturated heterocycles. The second-order valence-electron chi connectivity index (χ2n) is 10.2. The van der Waals surface area contributed by atoms with Crippen LogP contribution in [0.25, 0.3) is 21.2 Å². The predicted molar refractivity (Wildman–Crippen MR) is 159 cm³/mol. The second-order valence-corrected chi connectivity index (χ2v) is 11.7. The lowest BCUT2D eigenvalue weighted by atomic mass is 9.85. The number of carbonyl (C=O) groups is 2. The summed E-state index contributed by atoms with van der Waals surface area (Å²) in [7, 11) is 1.64. The molecule has 40 heavy (non-hydrogen) atoms. The van der Waals surface area contributed by atoms with Crippen molar-refractivity contribution in [3.8, 4) is 16.9 Å². The summed E-state index contributed by atoms with van der Waals surface area (Å²) in [6, 6.07) is 17.8. The third-order valence-electron chi connectivity index (χ3n) is 7.65. The third-order valence-corrected chi connectivity index (χ3v) is 9.32. The van der Waals surface area contributed by atoms with Gasteiger partial charge in [0.15, 0.2) is 0 Å². The number of pyridine rings is 1. The van der Waals surface area contributed by atoms with E-state index >= 15 is 0 Å². The number of amides is 2. The van der Waals surface area contributed by atoms with Gasteiger partial charge >= 0.3 is 6.09 Å². The summed E-state index contributed by atoms with van der Waals surface area (Å²) in [5.74, 6) is 0.871. The number of aromatic nitrogens is 1. The van der Waals surface area contributed by atoms with Gasteiger partial charge in [0.05, 0.1) is 12.1 Å². The highest BCUT2D eigenvalue weighted by Gasteiger charge is 2.32. The maximum Gasteiger partial charge on any atom is 0.404 e. The van der Waals surface area contributed by atoms with E-state index in [-0.39, 0.29) is 17.9 Å². The number of hydrogen-bond acceptors (Lipinski definition) is 5. The minimum Gasteiger partial charge on any atom is -0.496 e. The molecule has 0 atom stereocenters. The molecule has 2 aromatic carbocycles. The molecule has 1 saturated carbocycles. The first-order chi connectivity index (χ1) is 19.3. The molecule has 7 nitrogen and oxygen atoms in total. The normalized spacial score (nSPS) is 17.0. The van der Waals surface area contributed by atoms with Crippen molar-refractivity contribution in [3.63, 3.8) is 0 Å². The van der Waals surface area contributed by atoms with Crippen molar-refractivity contribution in [2.75, 3.05) is 13.7 Å². The summed E-state index contributed by atoms with van der Waals surface area (Å²) in [4.78, 5) is 32.1. The summed E-state index contributed by atoms with van der Waals surface area (Å²) in [5, 5.41) is 12.9. The smallest absolute Gasteiger partial charge is 0.404 e. The van der Waals surface area contributed by atoms with E-state index in [1.807, 2.05) is 66.6 Å². The Bertz CT molecular complexity index is 1510. The first-order valence-electron chi connectivity index (χ1n) is 13.4.